The van der Waals surface area contributed by atoms with Crippen molar-refractivity contribution < 1.29 is 9.59 Å². The summed E-state index contributed by atoms with van der Waals surface area (Å²) in [7, 11) is 0. The molecule has 0 saturated carbocycles. The molecule has 1 N–H and O–H groups in total. The fourth-order valence-electron chi connectivity index (χ4n) is 2.94. The van der Waals surface area contributed by atoms with Gasteiger partial charge in [0.1, 0.15) is 5.82 Å². The summed E-state index contributed by atoms with van der Waals surface area (Å²) in [5.41, 5.74) is 0.551. The molecule has 0 aromatic carbocycles. The summed E-state index contributed by atoms with van der Waals surface area (Å²) in [5.74, 6) is 0.144. The van der Waals surface area contributed by atoms with Crippen LogP contribution in [0.5, 0.6) is 0 Å². The quantitative estimate of drug-likeness (QED) is 0.926. The zero-order valence-electron chi connectivity index (χ0n) is 14.6. The van der Waals surface area contributed by atoms with Gasteiger partial charge in [-0.1, -0.05) is 13.8 Å². The van der Waals surface area contributed by atoms with E-state index >= 15 is 0 Å². The van der Waals surface area contributed by atoms with Gasteiger partial charge in [0.15, 0.2) is 0 Å². The van der Waals surface area contributed by atoms with Crippen LogP contribution in [-0.4, -0.2) is 44.3 Å². The molecule has 7 nitrogen and oxygen atoms in total. The number of amides is 2. The standard InChI is InChI=1S/C18H23N5O2/c1-13(2)17(24)21-16-11-14(3-6-20-16)18(25)22-8-4-15(5-9-22)23-10-7-19-12-23/h3,6-7,10-13,15H,4-5,8-9H2,1-2H3,(H,20,21,24). The maximum atomic E-state index is 12.7. The predicted octanol–water partition coefficient (Wildman–Crippen LogP) is 2.35. The van der Waals surface area contributed by atoms with E-state index in [-0.39, 0.29) is 17.7 Å². The van der Waals surface area contributed by atoms with Crippen LogP contribution >= 0.6 is 0 Å². The van der Waals surface area contributed by atoms with E-state index in [1.807, 2.05) is 31.3 Å². The molecule has 25 heavy (non-hydrogen) atoms. The first kappa shape index (κ1) is 17.1. The molecule has 0 bridgehead atoms. The number of carbonyl (C=O) groups excluding carboxylic acids is 2. The molecule has 1 aliphatic heterocycles. The van der Waals surface area contributed by atoms with E-state index in [1.165, 1.54) is 0 Å². The summed E-state index contributed by atoms with van der Waals surface area (Å²) in [4.78, 5) is 34.6. The Labute approximate surface area is 147 Å². The molecule has 2 amide bonds. The molecule has 3 rings (SSSR count). The molecule has 0 spiro atoms. The average molecular weight is 341 g/mol. The fourth-order valence-corrected chi connectivity index (χ4v) is 2.94. The zero-order valence-corrected chi connectivity index (χ0v) is 14.6. The largest absolute Gasteiger partial charge is 0.338 e. The number of piperidine rings is 1. The molecule has 2 aromatic heterocycles. The number of likely N-dealkylation sites (tertiary alicyclic amines) is 1. The summed E-state index contributed by atoms with van der Waals surface area (Å²) < 4.78 is 2.10. The molecular formula is C18H23N5O2. The van der Waals surface area contributed by atoms with E-state index in [2.05, 4.69) is 19.9 Å². The smallest absolute Gasteiger partial charge is 0.254 e. The third-order valence-corrected chi connectivity index (χ3v) is 4.48. The minimum absolute atomic E-state index is 0.0217. The van der Waals surface area contributed by atoms with Crippen LogP contribution in [0.4, 0.5) is 5.82 Å². The fraction of sp³-hybridized carbons (Fsp3) is 0.444. The van der Waals surface area contributed by atoms with Gasteiger partial charge >= 0.3 is 0 Å². The van der Waals surface area contributed by atoms with Gasteiger partial charge in [0.2, 0.25) is 5.91 Å². The summed E-state index contributed by atoms with van der Waals surface area (Å²) in [6.45, 7) is 5.04. The number of hydrogen-bond donors (Lipinski definition) is 1. The number of aromatic nitrogens is 3. The summed E-state index contributed by atoms with van der Waals surface area (Å²) in [6.07, 6.45) is 8.94. The summed E-state index contributed by atoms with van der Waals surface area (Å²) in [6, 6.07) is 3.73. The van der Waals surface area contributed by atoms with Crippen LogP contribution in [0.15, 0.2) is 37.1 Å². The van der Waals surface area contributed by atoms with Gasteiger partial charge in [-0.25, -0.2) is 9.97 Å². The van der Waals surface area contributed by atoms with E-state index in [9.17, 15) is 9.59 Å². The SMILES string of the molecule is CC(C)C(=O)Nc1cc(C(=O)N2CCC(n3ccnc3)CC2)ccn1. The van der Waals surface area contributed by atoms with E-state index in [0.717, 1.165) is 12.8 Å². The Bertz CT molecular complexity index is 734. The lowest BCUT2D eigenvalue weighted by atomic mass is 10.0. The average Bonchev–Trinajstić information content (AvgIpc) is 3.16. The van der Waals surface area contributed by atoms with E-state index < -0.39 is 0 Å². The molecular weight excluding hydrogens is 318 g/mol. The number of hydrogen-bond acceptors (Lipinski definition) is 4. The van der Waals surface area contributed by atoms with Crippen molar-refractivity contribution in [3.05, 3.63) is 42.6 Å². The molecule has 0 atom stereocenters. The van der Waals surface area contributed by atoms with Crippen LogP contribution in [0.25, 0.3) is 0 Å². The maximum Gasteiger partial charge on any atom is 0.254 e. The van der Waals surface area contributed by atoms with E-state index in [4.69, 9.17) is 0 Å². The monoisotopic (exact) mass is 341 g/mol. The Kier molecular flexibility index (Phi) is 5.11. The topological polar surface area (TPSA) is 80.1 Å². The number of nitrogens with zero attached hydrogens (tertiary/aromatic N) is 4. The van der Waals surface area contributed by atoms with Crippen LogP contribution in [0.3, 0.4) is 0 Å². The van der Waals surface area contributed by atoms with Crippen LogP contribution < -0.4 is 5.32 Å². The van der Waals surface area contributed by atoms with Crippen molar-refractivity contribution in [2.75, 3.05) is 18.4 Å². The number of carbonyl (C=O) groups is 2. The van der Waals surface area contributed by atoms with Gasteiger partial charge in [-0.2, -0.15) is 0 Å². The van der Waals surface area contributed by atoms with Crippen molar-refractivity contribution in [3.63, 3.8) is 0 Å². The molecule has 0 radical (unpaired) electrons. The van der Waals surface area contributed by atoms with E-state index in [1.54, 1.807) is 24.5 Å². The highest BCUT2D eigenvalue weighted by Gasteiger charge is 2.24. The van der Waals surface area contributed by atoms with Gasteiger partial charge in [0.05, 0.1) is 6.33 Å². The normalized spacial score (nSPS) is 15.4. The minimum Gasteiger partial charge on any atom is -0.338 e. The first-order valence-corrected chi connectivity index (χ1v) is 8.58. The predicted molar refractivity (Wildman–Crippen MR) is 94.1 cm³/mol. The third kappa shape index (κ3) is 4.04. The molecule has 7 heteroatoms. The van der Waals surface area contributed by atoms with Crippen molar-refractivity contribution in [2.45, 2.75) is 32.7 Å². The van der Waals surface area contributed by atoms with Gasteiger partial charge in [0.25, 0.3) is 5.91 Å². The van der Waals surface area contributed by atoms with Gasteiger partial charge in [-0.3, -0.25) is 9.59 Å². The summed E-state index contributed by atoms with van der Waals surface area (Å²) in [5, 5.41) is 2.73. The van der Waals surface area contributed by atoms with Crippen molar-refractivity contribution in [2.24, 2.45) is 5.92 Å². The van der Waals surface area contributed by atoms with Gasteiger partial charge in [-0.15, -0.1) is 0 Å². The Balaban J connectivity index is 1.63. The van der Waals surface area contributed by atoms with Crippen LogP contribution in [0.2, 0.25) is 0 Å². The van der Waals surface area contributed by atoms with Gasteiger partial charge < -0.3 is 14.8 Å². The van der Waals surface area contributed by atoms with E-state index in [0.29, 0.717) is 30.5 Å². The third-order valence-electron chi connectivity index (χ3n) is 4.48. The number of nitrogens with one attached hydrogen (secondary N) is 1. The van der Waals surface area contributed by atoms with Crippen molar-refractivity contribution in [3.8, 4) is 0 Å². The highest BCUT2D eigenvalue weighted by atomic mass is 16.2. The van der Waals surface area contributed by atoms with Crippen molar-refractivity contribution in [1.82, 2.24) is 19.4 Å². The zero-order chi connectivity index (χ0) is 17.8. The van der Waals surface area contributed by atoms with Crippen LogP contribution in [0.1, 0.15) is 43.1 Å². The Morgan fingerprint density at radius 1 is 1.24 bits per heavy atom. The van der Waals surface area contributed by atoms with Crippen molar-refractivity contribution in [1.29, 1.82) is 0 Å². The molecule has 1 aliphatic rings. The van der Waals surface area contributed by atoms with Crippen LogP contribution in [0, 0.1) is 5.92 Å². The maximum absolute atomic E-state index is 12.7. The van der Waals surface area contributed by atoms with Gasteiger partial charge in [0, 0.05) is 49.2 Å². The molecule has 132 valence electrons. The first-order chi connectivity index (χ1) is 12.0. The number of pyridine rings is 1. The Morgan fingerprint density at radius 2 is 2.00 bits per heavy atom. The molecule has 1 fully saturated rings. The van der Waals surface area contributed by atoms with Gasteiger partial charge in [-0.05, 0) is 25.0 Å². The first-order valence-electron chi connectivity index (χ1n) is 8.58. The lowest BCUT2D eigenvalue weighted by Gasteiger charge is -2.32. The second-order valence-electron chi connectivity index (χ2n) is 6.61. The lowest BCUT2D eigenvalue weighted by Crippen LogP contribution is -2.39. The highest BCUT2D eigenvalue weighted by Crippen LogP contribution is 2.23. The van der Waals surface area contributed by atoms with Crippen LogP contribution in [-0.2, 0) is 4.79 Å². The second kappa shape index (κ2) is 7.46. The highest BCUT2D eigenvalue weighted by molar-refractivity contribution is 5.96. The number of imidazole rings is 1. The second-order valence-corrected chi connectivity index (χ2v) is 6.61. The minimum atomic E-state index is -0.136. The van der Waals surface area contributed by atoms with Crippen molar-refractivity contribution >= 4 is 17.6 Å². The Hall–Kier alpha value is -2.70. The number of anilines is 1. The molecule has 3 heterocycles. The Morgan fingerprint density at radius 3 is 2.64 bits per heavy atom. The lowest BCUT2D eigenvalue weighted by molar-refractivity contribution is -0.118. The molecule has 0 aliphatic carbocycles. The molecule has 1 saturated heterocycles. The molecule has 0 unspecified atom stereocenters. The molecule has 2 aromatic rings. The number of rotatable bonds is 4. The summed E-state index contributed by atoms with van der Waals surface area (Å²) >= 11 is 0.